The molecule has 0 amide bonds. The van der Waals surface area contributed by atoms with Gasteiger partial charge in [-0.1, -0.05) is 58.9 Å². The number of sulfone groups is 1. The van der Waals surface area contributed by atoms with Gasteiger partial charge in [-0.25, -0.2) is 12.8 Å². The highest BCUT2D eigenvalue weighted by molar-refractivity contribution is 7.91. The number of carbonyl (C=O) groups is 1. The molecule has 0 aromatic carbocycles. The van der Waals surface area contributed by atoms with Crippen molar-refractivity contribution in [2.45, 2.75) is 142 Å². The molecule has 7 aliphatic rings. The smallest absolute Gasteiger partial charge is 0.312 e. The molecule has 0 spiro atoms. The first-order valence-electron chi connectivity index (χ1n) is 21.3. The van der Waals surface area contributed by atoms with Crippen LogP contribution in [0.2, 0.25) is 0 Å². The van der Waals surface area contributed by atoms with Gasteiger partial charge in [-0.15, -0.1) is 0 Å². The molecular formula is C45H71FN2O4S. The van der Waals surface area contributed by atoms with Crippen LogP contribution in [-0.2, 0) is 14.6 Å². The van der Waals surface area contributed by atoms with Gasteiger partial charge in [0.2, 0.25) is 0 Å². The van der Waals surface area contributed by atoms with Crippen molar-refractivity contribution in [3.63, 3.8) is 0 Å². The minimum Gasteiger partial charge on any atom is -0.481 e. The van der Waals surface area contributed by atoms with Gasteiger partial charge in [0.05, 0.1) is 10.7 Å². The summed E-state index contributed by atoms with van der Waals surface area (Å²) >= 11 is 0. The Kier molecular flexibility index (Phi) is 10.2. The number of nitrogens with one attached hydrogen (secondary N) is 1. The van der Waals surface area contributed by atoms with Crippen LogP contribution >= 0.6 is 0 Å². The third kappa shape index (κ3) is 6.10. The van der Waals surface area contributed by atoms with E-state index < -0.39 is 27.9 Å². The number of hydrogen-bond donors (Lipinski definition) is 2. The maximum absolute atomic E-state index is 14.0. The second kappa shape index (κ2) is 13.6. The Labute approximate surface area is 321 Å². The number of halogens is 1. The van der Waals surface area contributed by atoms with Crippen molar-refractivity contribution in [3.8, 4) is 0 Å². The standard InChI is InChI=1S/C45H71FN2O4S/c1-30(2)33-13-22-45(47-25-28-48-26-16-32(17-27-48)53(8,51)52)24-23-42(6)35(38(33)45)9-10-37-41(5)18-14-34(40(3,4)36(41)15-19-43(37,42)7)31-11-20-44(29-46,21-12-31)39(49)50/h11,14,32-33,35-38,47H,1,9-10,12-13,15-29H2,2-8H3,(H,49,50)/t33-,35+,36-,37+,38+,41-,42+,43+,44+,45-/m0/s1. The lowest BCUT2D eigenvalue weighted by Crippen LogP contribution is -2.68. The van der Waals surface area contributed by atoms with E-state index in [1.807, 2.05) is 0 Å². The zero-order chi connectivity index (χ0) is 38.4. The Hall–Kier alpha value is -1.51. The van der Waals surface area contributed by atoms with Gasteiger partial charge >= 0.3 is 5.97 Å². The van der Waals surface area contributed by atoms with E-state index in [1.54, 1.807) is 0 Å². The predicted octanol–water partition coefficient (Wildman–Crippen LogP) is 9.18. The van der Waals surface area contributed by atoms with E-state index in [-0.39, 0.29) is 38.9 Å². The fourth-order valence-corrected chi connectivity index (χ4v) is 16.2. The maximum Gasteiger partial charge on any atom is 0.312 e. The number of fused-ring (bicyclic) bond motifs is 7. The average molecular weight is 755 g/mol. The van der Waals surface area contributed by atoms with Gasteiger partial charge in [0.25, 0.3) is 0 Å². The second-order valence-electron chi connectivity index (χ2n) is 20.8. The quantitative estimate of drug-likeness (QED) is 0.229. The lowest BCUT2D eigenvalue weighted by Gasteiger charge is -2.72. The Bertz CT molecular complexity index is 1650. The molecule has 8 heteroatoms. The zero-order valence-corrected chi connectivity index (χ0v) is 35.0. The highest BCUT2D eigenvalue weighted by Gasteiger charge is 2.70. The maximum atomic E-state index is 14.0. The molecule has 10 atom stereocenters. The van der Waals surface area contributed by atoms with E-state index in [0.717, 1.165) is 45.4 Å². The van der Waals surface area contributed by atoms with Crippen LogP contribution < -0.4 is 5.32 Å². The molecule has 1 saturated heterocycles. The molecule has 53 heavy (non-hydrogen) atoms. The molecule has 1 aliphatic heterocycles. The van der Waals surface area contributed by atoms with E-state index in [4.69, 9.17) is 0 Å². The average Bonchev–Trinajstić information content (AvgIpc) is 3.48. The fourth-order valence-electron chi connectivity index (χ4n) is 15.1. The molecule has 0 aromatic rings. The molecule has 0 radical (unpaired) electrons. The number of piperidine rings is 1. The molecule has 7 rings (SSSR count). The van der Waals surface area contributed by atoms with E-state index in [9.17, 15) is 22.7 Å². The summed E-state index contributed by atoms with van der Waals surface area (Å²) in [4.78, 5) is 14.5. The van der Waals surface area contributed by atoms with Crippen molar-refractivity contribution in [1.82, 2.24) is 10.2 Å². The van der Waals surface area contributed by atoms with Crippen LogP contribution in [0.5, 0.6) is 0 Å². The monoisotopic (exact) mass is 755 g/mol. The highest BCUT2D eigenvalue weighted by atomic mass is 32.2. The van der Waals surface area contributed by atoms with Crippen LogP contribution in [0.1, 0.15) is 131 Å². The summed E-state index contributed by atoms with van der Waals surface area (Å²) in [6.45, 7) is 22.8. The first-order valence-corrected chi connectivity index (χ1v) is 23.2. The normalized spacial score (nSPS) is 44.5. The Balaban J connectivity index is 1.11. The first kappa shape index (κ1) is 39.7. The molecule has 0 unspecified atom stereocenters. The molecule has 6 nitrogen and oxygen atoms in total. The lowest BCUT2D eigenvalue weighted by atomic mass is 9.33. The largest absolute Gasteiger partial charge is 0.481 e. The summed E-state index contributed by atoms with van der Waals surface area (Å²) in [7, 11) is -2.96. The van der Waals surface area contributed by atoms with Gasteiger partial charge < -0.3 is 15.3 Å². The van der Waals surface area contributed by atoms with Crippen LogP contribution in [0, 0.1) is 56.7 Å². The molecule has 6 aliphatic carbocycles. The second-order valence-corrected chi connectivity index (χ2v) is 23.2. The van der Waals surface area contributed by atoms with Gasteiger partial charge in [0, 0.05) is 24.9 Å². The van der Waals surface area contributed by atoms with Crippen molar-refractivity contribution in [2.75, 3.05) is 39.1 Å². The van der Waals surface area contributed by atoms with Gasteiger partial charge in [-0.2, -0.15) is 0 Å². The Morgan fingerprint density at radius 2 is 1.64 bits per heavy atom. The summed E-state index contributed by atoms with van der Waals surface area (Å²) in [5.41, 5.74) is 3.65. The van der Waals surface area contributed by atoms with Crippen LogP contribution in [-0.4, -0.2) is 74.3 Å². The van der Waals surface area contributed by atoms with Crippen molar-refractivity contribution in [3.05, 3.63) is 35.5 Å². The highest BCUT2D eigenvalue weighted by Crippen LogP contribution is 2.76. The molecule has 2 N–H and O–H groups in total. The molecule has 0 aromatic heterocycles. The van der Waals surface area contributed by atoms with Gasteiger partial charge in [0.1, 0.15) is 16.5 Å². The minimum atomic E-state index is -2.96. The molecule has 298 valence electrons. The molecule has 1 heterocycles. The van der Waals surface area contributed by atoms with Crippen molar-refractivity contribution < 1.29 is 22.7 Å². The van der Waals surface area contributed by atoms with Crippen LogP contribution in [0.4, 0.5) is 4.39 Å². The number of allylic oxidation sites excluding steroid dienone is 5. The molecular weight excluding hydrogens is 684 g/mol. The summed E-state index contributed by atoms with van der Waals surface area (Å²) in [5, 5.41) is 13.9. The molecule has 5 fully saturated rings. The van der Waals surface area contributed by atoms with Gasteiger partial charge in [-0.3, -0.25) is 4.79 Å². The van der Waals surface area contributed by atoms with E-state index in [0.29, 0.717) is 42.4 Å². The number of likely N-dealkylation sites (tertiary alicyclic amines) is 1. The third-order valence-corrected chi connectivity index (χ3v) is 20.0. The number of carboxylic acids is 1. The van der Waals surface area contributed by atoms with Crippen LogP contribution in [0.3, 0.4) is 0 Å². The van der Waals surface area contributed by atoms with E-state index in [2.05, 4.69) is 70.5 Å². The number of nitrogens with zero attached hydrogens (tertiary/aromatic N) is 1. The zero-order valence-electron chi connectivity index (χ0n) is 34.2. The number of rotatable bonds is 9. The summed E-state index contributed by atoms with van der Waals surface area (Å²) in [6, 6.07) is 0. The summed E-state index contributed by atoms with van der Waals surface area (Å²) in [6.07, 6.45) is 19.9. The lowest BCUT2D eigenvalue weighted by molar-refractivity contribution is -0.221. The van der Waals surface area contributed by atoms with Crippen molar-refractivity contribution in [1.29, 1.82) is 0 Å². The van der Waals surface area contributed by atoms with E-state index >= 15 is 0 Å². The first-order chi connectivity index (χ1) is 24.8. The number of alkyl halides is 1. The molecule has 0 bridgehead atoms. The topological polar surface area (TPSA) is 86.7 Å². The number of carboxylic acid groups (broad SMARTS) is 1. The van der Waals surface area contributed by atoms with Gasteiger partial charge in [0.15, 0.2) is 0 Å². The van der Waals surface area contributed by atoms with Crippen molar-refractivity contribution >= 4 is 15.8 Å². The Morgan fingerprint density at radius 1 is 0.925 bits per heavy atom. The van der Waals surface area contributed by atoms with Crippen LogP contribution in [0.15, 0.2) is 35.5 Å². The summed E-state index contributed by atoms with van der Waals surface area (Å²) < 4.78 is 38.3. The number of aliphatic carboxylic acids is 1. The fraction of sp³-hybridized carbons (Fsp3) is 0.844. The van der Waals surface area contributed by atoms with E-state index in [1.165, 1.54) is 74.3 Å². The molecule has 4 saturated carbocycles. The van der Waals surface area contributed by atoms with Crippen LogP contribution in [0.25, 0.3) is 0 Å². The predicted molar refractivity (Wildman–Crippen MR) is 213 cm³/mol. The van der Waals surface area contributed by atoms with Gasteiger partial charge in [-0.05, 0) is 172 Å². The Morgan fingerprint density at radius 3 is 2.25 bits per heavy atom. The van der Waals surface area contributed by atoms with Crippen molar-refractivity contribution in [2.24, 2.45) is 56.7 Å². The number of hydrogen-bond acceptors (Lipinski definition) is 5. The summed E-state index contributed by atoms with van der Waals surface area (Å²) in [5.74, 6) is 2.04. The SMILES string of the molecule is C=C(C)[C@@H]1CC[C@]2(NCCN3CCC(S(C)(=O)=O)CC3)CC[C@]3(C)[C@H](CC[C@@H]4[C@@]5(C)CC=C(C6=CC[C@@](CF)(C(=O)O)CC6)C(C)(C)[C@@H]5CC[C@]43C)[C@@H]12. The minimum absolute atomic E-state index is 0.0148. The third-order valence-electron chi connectivity index (χ3n) is 18.4.